The van der Waals surface area contributed by atoms with Crippen molar-refractivity contribution in [3.8, 4) is 0 Å². The standard InChI is InChI=1S/C18H36O5S/c1-3-5-6-7-8-9-10-11-12-13-14-15-16-18(24(20,21)22)23-17(19)4-2/h18H,3-16H2,1-2H3,(H,20,21,22). The number of unbranched alkanes of at least 4 members (excludes halogenated alkanes) is 11. The molecule has 0 rings (SSSR count). The third-order valence-electron chi connectivity index (χ3n) is 4.18. The molecule has 1 N–H and O–H groups in total. The van der Waals surface area contributed by atoms with Gasteiger partial charge in [-0.3, -0.25) is 9.35 Å². The average Bonchev–Trinajstić information content (AvgIpc) is 2.53. The summed E-state index contributed by atoms with van der Waals surface area (Å²) in [6.07, 6.45) is 14.5. The summed E-state index contributed by atoms with van der Waals surface area (Å²) in [7, 11) is -4.33. The number of carbonyl (C=O) groups is 1. The van der Waals surface area contributed by atoms with E-state index in [1.807, 2.05) is 0 Å². The van der Waals surface area contributed by atoms with E-state index in [4.69, 9.17) is 9.29 Å². The van der Waals surface area contributed by atoms with Crippen LogP contribution in [0, 0.1) is 0 Å². The molecule has 0 aliphatic rings. The number of rotatable bonds is 16. The van der Waals surface area contributed by atoms with Crippen molar-refractivity contribution in [2.24, 2.45) is 0 Å². The lowest BCUT2D eigenvalue weighted by Crippen LogP contribution is -2.26. The van der Waals surface area contributed by atoms with Gasteiger partial charge in [0, 0.05) is 12.8 Å². The second-order valence-electron chi connectivity index (χ2n) is 6.47. The van der Waals surface area contributed by atoms with Gasteiger partial charge < -0.3 is 4.74 Å². The van der Waals surface area contributed by atoms with Crippen LogP contribution in [0.3, 0.4) is 0 Å². The minimum absolute atomic E-state index is 0.102. The number of carbonyl (C=O) groups excluding carboxylic acids is 1. The molecule has 0 bridgehead atoms. The fourth-order valence-electron chi connectivity index (χ4n) is 2.65. The third-order valence-corrected chi connectivity index (χ3v) is 5.17. The van der Waals surface area contributed by atoms with E-state index in [9.17, 15) is 13.2 Å². The van der Waals surface area contributed by atoms with Gasteiger partial charge in [0.1, 0.15) is 0 Å². The zero-order valence-corrected chi connectivity index (χ0v) is 16.3. The van der Waals surface area contributed by atoms with Crippen LogP contribution in [0.4, 0.5) is 0 Å². The van der Waals surface area contributed by atoms with Crippen molar-refractivity contribution >= 4 is 16.1 Å². The fourth-order valence-corrected chi connectivity index (χ4v) is 3.34. The molecule has 0 aliphatic carbocycles. The van der Waals surface area contributed by atoms with Gasteiger partial charge in [0.25, 0.3) is 0 Å². The molecule has 0 aliphatic heterocycles. The first-order chi connectivity index (χ1) is 11.4. The topological polar surface area (TPSA) is 80.7 Å². The van der Waals surface area contributed by atoms with E-state index >= 15 is 0 Å². The molecule has 1 atom stereocenters. The van der Waals surface area contributed by atoms with E-state index < -0.39 is 21.5 Å². The molecule has 24 heavy (non-hydrogen) atoms. The summed E-state index contributed by atoms with van der Waals surface area (Å²) < 4.78 is 36.3. The number of hydrogen-bond acceptors (Lipinski definition) is 4. The number of ether oxygens (including phenoxy) is 1. The SMILES string of the molecule is CCCCCCCCCCCCCCC(OC(=O)CC)S(=O)(=O)O. The summed E-state index contributed by atoms with van der Waals surface area (Å²) in [5.74, 6) is -0.600. The Morgan fingerprint density at radius 2 is 1.25 bits per heavy atom. The van der Waals surface area contributed by atoms with Crippen molar-refractivity contribution < 1.29 is 22.5 Å². The second-order valence-corrected chi connectivity index (χ2v) is 8.02. The van der Waals surface area contributed by atoms with Crippen molar-refractivity contribution in [1.82, 2.24) is 0 Å². The Kier molecular flexibility index (Phi) is 14.3. The molecule has 5 nitrogen and oxygen atoms in total. The molecule has 0 aromatic heterocycles. The lowest BCUT2D eigenvalue weighted by atomic mass is 10.0. The first-order valence-electron chi connectivity index (χ1n) is 9.57. The molecule has 6 heteroatoms. The first kappa shape index (κ1) is 23.4. The zero-order chi connectivity index (χ0) is 18.3. The van der Waals surface area contributed by atoms with E-state index in [0.29, 0.717) is 6.42 Å². The van der Waals surface area contributed by atoms with Crippen molar-refractivity contribution in [3.63, 3.8) is 0 Å². The zero-order valence-electron chi connectivity index (χ0n) is 15.5. The largest absolute Gasteiger partial charge is 0.443 e. The predicted molar refractivity (Wildman–Crippen MR) is 97.4 cm³/mol. The molecule has 0 saturated carbocycles. The Labute approximate surface area is 148 Å². The van der Waals surface area contributed by atoms with Gasteiger partial charge in [-0.1, -0.05) is 84.5 Å². The van der Waals surface area contributed by atoms with E-state index in [1.54, 1.807) is 6.92 Å². The van der Waals surface area contributed by atoms with Gasteiger partial charge in [-0.2, -0.15) is 8.42 Å². The maximum atomic E-state index is 11.2. The van der Waals surface area contributed by atoms with Crippen LogP contribution in [0.25, 0.3) is 0 Å². The van der Waals surface area contributed by atoms with Crippen LogP contribution in [-0.2, 0) is 19.6 Å². The summed E-state index contributed by atoms with van der Waals surface area (Å²) in [5, 5.41) is 0. The molecule has 144 valence electrons. The van der Waals surface area contributed by atoms with E-state index in [2.05, 4.69) is 6.92 Å². The maximum Gasteiger partial charge on any atom is 0.306 e. The highest BCUT2D eigenvalue weighted by molar-refractivity contribution is 7.86. The lowest BCUT2D eigenvalue weighted by molar-refractivity contribution is -0.145. The lowest BCUT2D eigenvalue weighted by Gasteiger charge is -2.14. The van der Waals surface area contributed by atoms with Gasteiger partial charge in [-0.25, -0.2) is 0 Å². The van der Waals surface area contributed by atoms with Crippen LogP contribution in [0.1, 0.15) is 104 Å². The van der Waals surface area contributed by atoms with Crippen molar-refractivity contribution in [1.29, 1.82) is 0 Å². The highest BCUT2D eigenvalue weighted by atomic mass is 32.2. The van der Waals surface area contributed by atoms with Crippen LogP contribution < -0.4 is 0 Å². The molecule has 0 amide bonds. The average molecular weight is 365 g/mol. The molecular formula is C18H36O5S. The molecule has 0 spiro atoms. The Morgan fingerprint density at radius 3 is 1.62 bits per heavy atom. The molecule has 0 radical (unpaired) electrons. The third kappa shape index (κ3) is 13.8. The fraction of sp³-hybridized carbons (Fsp3) is 0.944. The summed E-state index contributed by atoms with van der Waals surface area (Å²) in [5.41, 5.74) is -1.41. The molecular weight excluding hydrogens is 328 g/mol. The van der Waals surface area contributed by atoms with Crippen LogP contribution >= 0.6 is 0 Å². The van der Waals surface area contributed by atoms with Gasteiger partial charge in [0.2, 0.25) is 5.44 Å². The predicted octanol–water partition coefficient (Wildman–Crippen LogP) is 5.24. The van der Waals surface area contributed by atoms with Crippen molar-refractivity contribution in [2.75, 3.05) is 0 Å². The van der Waals surface area contributed by atoms with Crippen molar-refractivity contribution in [3.05, 3.63) is 0 Å². The van der Waals surface area contributed by atoms with E-state index in [1.165, 1.54) is 51.4 Å². The van der Waals surface area contributed by atoms with Gasteiger partial charge in [0.15, 0.2) is 0 Å². The first-order valence-corrected chi connectivity index (χ1v) is 11.1. The minimum atomic E-state index is -4.33. The van der Waals surface area contributed by atoms with E-state index in [-0.39, 0.29) is 12.8 Å². The van der Waals surface area contributed by atoms with Gasteiger partial charge in [-0.15, -0.1) is 0 Å². The highest BCUT2D eigenvalue weighted by Crippen LogP contribution is 2.16. The summed E-state index contributed by atoms with van der Waals surface area (Å²) >= 11 is 0. The monoisotopic (exact) mass is 364 g/mol. The highest BCUT2D eigenvalue weighted by Gasteiger charge is 2.26. The molecule has 0 aromatic carbocycles. The van der Waals surface area contributed by atoms with Crippen LogP contribution in [0.2, 0.25) is 0 Å². The molecule has 0 heterocycles. The normalized spacial score (nSPS) is 13.0. The Bertz CT molecular complexity index is 406. The quantitative estimate of drug-likeness (QED) is 0.230. The smallest absolute Gasteiger partial charge is 0.306 e. The Balaban J connectivity index is 3.60. The summed E-state index contributed by atoms with van der Waals surface area (Å²) in [4.78, 5) is 11.2. The molecule has 0 saturated heterocycles. The Hall–Kier alpha value is -0.620. The second kappa shape index (κ2) is 14.7. The number of hydrogen-bond donors (Lipinski definition) is 1. The van der Waals surface area contributed by atoms with Gasteiger partial charge in [0.05, 0.1) is 0 Å². The van der Waals surface area contributed by atoms with Crippen LogP contribution in [-0.4, -0.2) is 24.4 Å². The summed E-state index contributed by atoms with van der Waals surface area (Å²) in [6.45, 7) is 3.82. The maximum absolute atomic E-state index is 11.2. The Morgan fingerprint density at radius 1 is 0.833 bits per heavy atom. The van der Waals surface area contributed by atoms with Crippen LogP contribution in [0.15, 0.2) is 0 Å². The van der Waals surface area contributed by atoms with E-state index in [0.717, 1.165) is 19.3 Å². The summed E-state index contributed by atoms with van der Waals surface area (Å²) in [6, 6.07) is 0. The van der Waals surface area contributed by atoms with Crippen molar-refractivity contribution in [2.45, 2.75) is 109 Å². The van der Waals surface area contributed by atoms with Gasteiger partial charge >= 0.3 is 16.1 Å². The molecule has 0 fully saturated rings. The van der Waals surface area contributed by atoms with Gasteiger partial charge in [-0.05, 0) is 6.42 Å². The number of esters is 1. The molecule has 0 aromatic rings. The molecule has 1 unspecified atom stereocenters. The minimum Gasteiger partial charge on any atom is -0.443 e. The van der Waals surface area contributed by atoms with Crippen LogP contribution in [0.5, 0.6) is 0 Å².